The van der Waals surface area contributed by atoms with E-state index in [0.717, 1.165) is 20.9 Å². The number of thiophene rings is 2. The van der Waals surface area contributed by atoms with Crippen molar-refractivity contribution >= 4 is 56.8 Å². The fourth-order valence-corrected chi connectivity index (χ4v) is 7.87. The van der Waals surface area contributed by atoms with Crippen LogP contribution in [0.4, 0.5) is 11.4 Å². The molecule has 0 saturated heterocycles. The lowest BCUT2D eigenvalue weighted by Crippen LogP contribution is -2.59. The summed E-state index contributed by atoms with van der Waals surface area (Å²) in [4.78, 5) is 30.3. The molecule has 4 unspecified atom stereocenters. The molecule has 0 saturated carbocycles. The third-order valence-corrected chi connectivity index (χ3v) is 9.66. The van der Waals surface area contributed by atoms with E-state index < -0.39 is 45.6 Å². The molecule has 0 aliphatic rings. The topological polar surface area (TPSA) is 117 Å². The maximum atomic E-state index is 14.3. The Bertz CT molecular complexity index is 963. The van der Waals surface area contributed by atoms with Gasteiger partial charge in [0.1, 0.15) is 0 Å². The van der Waals surface area contributed by atoms with Crippen LogP contribution in [0.25, 0.3) is 0 Å². The molecule has 4 atom stereocenters. The van der Waals surface area contributed by atoms with Gasteiger partial charge in [0.2, 0.25) is 10.7 Å². The number of rotatable bonds is 14. The maximum absolute atomic E-state index is 14.3. The number of methoxy groups -OCH3 is 2. The van der Waals surface area contributed by atoms with Crippen LogP contribution in [0.5, 0.6) is 0 Å². The summed E-state index contributed by atoms with van der Waals surface area (Å²) in [6.45, 7) is 11.3. The Kier molecular flexibility index (Phi) is 10.9. The molecule has 202 valence electrons. The zero-order valence-corrected chi connectivity index (χ0v) is 24.4. The van der Waals surface area contributed by atoms with Gasteiger partial charge in [-0.25, -0.2) is 9.59 Å². The number of carboxylic acids is 2. The van der Waals surface area contributed by atoms with E-state index in [-0.39, 0.29) is 13.2 Å². The van der Waals surface area contributed by atoms with E-state index in [4.69, 9.17) is 9.47 Å². The smallest absolute Gasteiger partial charge is 0.339 e. The molecule has 0 aromatic carbocycles. The summed E-state index contributed by atoms with van der Waals surface area (Å²) in [5, 5.41) is 21.3. The molecule has 0 amide bonds. The molecule has 2 aromatic rings. The molecule has 0 radical (unpaired) electrons. The molecule has 0 aliphatic heterocycles. The molecular formula is C24H36N2O7S3. The highest BCUT2D eigenvalue weighted by molar-refractivity contribution is 7.88. The summed E-state index contributed by atoms with van der Waals surface area (Å²) < 4.78 is 24.9. The molecular weight excluding hydrogens is 524 g/mol. The average molecular weight is 561 g/mol. The minimum atomic E-state index is -2.42. The van der Waals surface area contributed by atoms with Crippen molar-refractivity contribution in [2.24, 2.45) is 0 Å². The summed E-state index contributed by atoms with van der Waals surface area (Å²) in [5.41, 5.74) is 2.91. The van der Waals surface area contributed by atoms with Crippen LogP contribution in [0.2, 0.25) is 0 Å². The second-order valence-electron chi connectivity index (χ2n) is 8.78. The summed E-state index contributed by atoms with van der Waals surface area (Å²) in [6.07, 6.45) is 0. The first-order valence-corrected chi connectivity index (χ1v) is 14.4. The number of hydrogen-bond acceptors (Lipinski definition) is 9. The van der Waals surface area contributed by atoms with Crippen LogP contribution in [0.3, 0.4) is 0 Å². The van der Waals surface area contributed by atoms with Gasteiger partial charge in [0.05, 0.1) is 47.5 Å². The third-order valence-electron chi connectivity index (χ3n) is 5.89. The molecule has 9 nitrogen and oxygen atoms in total. The van der Waals surface area contributed by atoms with Gasteiger partial charge in [-0.05, 0) is 63.4 Å². The van der Waals surface area contributed by atoms with Crippen LogP contribution in [-0.4, -0.2) is 76.6 Å². The van der Waals surface area contributed by atoms with Gasteiger partial charge in [-0.3, -0.25) is 4.21 Å². The van der Waals surface area contributed by atoms with Crippen LogP contribution >= 0.6 is 22.7 Å². The highest BCUT2D eigenvalue weighted by Gasteiger charge is 2.46. The highest BCUT2D eigenvalue weighted by atomic mass is 32.2. The minimum Gasteiger partial charge on any atom is -0.479 e. The number of nitrogens with zero attached hydrogens (tertiary/aromatic N) is 2. The quantitative estimate of drug-likeness (QED) is 0.354. The first kappa shape index (κ1) is 30.2. The number of hydrogen-bond donors (Lipinski definition) is 2. The van der Waals surface area contributed by atoms with Gasteiger partial charge in [0, 0.05) is 24.0 Å². The summed E-state index contributed by atoms with van der Waals surface area (Å²) in [7, 11) is 0.594. The monoisotopic (exact) mass is 560 g/mol. The van der Waals surface area contributed by atoms with Crippen molar-refractivity contribution in [3.05, 3.63) is 31.6 Å². The Labute approximate surface area is 223 Å². The lowest BCUT2D eigenvalue weighted by Gasteiger charge is -2.41. The minimum absolute atomic E-state index is 0.167. The van der Waals surface area contributed by atoms with E-state index in [1.165, 1.54) is 36.9 Å². The van der Waals surface area contributed by atoms with Crippen molar-refractivity contribution in [3.63, 3.8) is 0 Å². The van der Waals surface area contributed by atoms with Crippen molar-refractivity contribution in [1.82, 2.24) is 0 Å². The van der Waals surface area contributed by atoms with Gasteiger partial charge in [-0.2, -0.15) is 0 Å². The van der Waals surface area contributed by atoms with E-state index in [1.807, 2.05) is 38.5 Å². The van der Waals surface area contributed by atoms with E-state index in [2.05, 4.69) is 0 Å². The van der Waals surface area contributed by atoms with Crippen LogP contribution in [0.1, 0.15) is 34.7 Å². The van der Waals surface area contributed by atoms with Crippen molar-refractivity contribution in [3.8, 4) is 0 Å². The standard InChI is InChI=1S/C24H36N2O7S3/c1-13-11-34-17(5)19(13)25(15(3)9-32-7)21(23(27)28)36(31)22(24(29)30)26(16(4)10-33-8)20-14(2)12-35-18(20)6/h11-12,15-16,21-22H,9-10H2,1-8H3,(H,27,28)(H,29,30). The van der Waals surface area contributed by atoms with Crippen molar-refractivity contribution in [2.45, 2.75) is 64.4 Å². The van der Waals surface area contributed by atoms with Gasteiger partial charge >= 0.3 is 11.9 Å². The molecule has 0 aliphatic carbocycles. The van der Waals surface area contributed by atoms with Crippen molar-refractivity contribution in [2.75, 3.05) is 37.2 Å². The summed E-state index contributed by atoms with van der Waals surface area (Å²) in [6, 6.07) is -0.980. The number of carbonyl (C=O) groups is 2. The number of carboxylic acid groups (broad SMARTS) is 2. The van der Waals surface area contributed by atoms with E-state index >= 15 is 0 Å². The van der Waals surface area contributed by atoms with Crippen molar-refractivity contribution in [1.29, 1.82) is 0 Å². The molecule has 12 heteroatoms. The Morgan fingerprint density at radius 1 is 0.833 bits per heavy atom. The maximum Gasteiger partial charge on any atom is 0.339 e. The lowest BCUT2D eigenvalue weighted by molar-refractivity contribution is -0.136. The van der Waals surface area contributed by atoms with Gasteiger partial charge in [-0.15, -0.1) is 22.7 Å². The fraction of sp³-hybridized carbons (Fsp3) is 0.583. The molecule has 2 N–H and O–H groups in total. The van der Waals surface area contributed by atoms with Gasteiger partial charge in [0.25, 0.3) is 0 Å². The van der Waals surface area contributed by atoms with Crippen molar-refractivity contribution < 1.29 is 33.5 Å². The zero-order valence-electron chi connectivity index (χ0n) is 21.9. The van der Waals surface area contributed by atoms with Gasteiger partial charge < -0.3 is 29.5 Å². The fourth-order valence-electron chi connectivity index (χ4n) is 4.47. The van der Waals surface area contributed by atoms with E-state index in [9.17, 15) is 24.0 Å². The van der Waals surface area contributed by atoms with E-state index in [0.29, 0.717) is 11.4 Å². The van der Waals surface area contributed by atoms with Crippen LogP contribution in [0.15, 0.2) is 10.8 Å². The number of aliphatic carboxylic acids is 2. The number of ether oxygens (including phenoxy) is 2. The SMILES string of the molecule is COCC(C)N(c1c(C)csc1C)C(C(=O)O)S(=O)C(C(=O)O)N(c1c(C)csc1C)C(C)COC. The Morgan fingerprint density at radius 2 is 1.17 bits per heavy atom. The lowest BCUT2D eigenvalue weighted by atomic mass is 10.2. The van der Waals surface area contributed by atoms with Crippen LogP contribution < -0.4 is 9.80 Å². The number of anilines is 2. The summed E-state index contributed by atoms with van der Waals surface area (Å²) >= 11 is 2.91. The van der Waals surface area contributed by atoms with E-state index in [1.54, 1.807) is 23.6 Å². The second kappa shape index (κ2) is 13.0. The second-order valence-corrected chi connectivity index (χ2v) is 12.5. The molecule has 2 aromatic heterocycles. The molecule has 36 heavy (non-hydrogen) atoms. The zero-order chi connectivity index (χ0) is 27.3. The largest absolute Gasteiger partial charge is 0.479 e. The molecule has 0 fully saturated rings. The molecule has 2 rings (SSSR count). The number of aryl methyl sites for hydroxylation is 4. The van der Waals surface area contributed by atoms with Crippen LogP contribution in [0, 0.1) is 27.7 Å². The average Bonchev–Trinajstić information content (AvgIpc) is 3.29. The van der Waals surface area contributed by atoms with Gasteiger partial charge in [0.15, 0.2) is 0 Å². The predicted molar refractivity (Wildman–Crippen MR) is 146 cm³/mol. The first-order valence-electron chi connectivity index (χ1n) is 11.4. The Hall–Kier alpha value is -1.99. The molecule has 0 spiro atoms. The normalized spacial score (nSPS) is 15.7. The third kappa shape index (κ3) is 6.28. The predicted octanol–water partition coefficient (Wildman–Crippen LogP) is 4.00. The molecule has 0 bridgehead atoms. The Morgan fingerprint density at radius 3 is 1.39 bits per heavy atom. The summed E-state index contributed by atoms with van der Waals surface area (Å²) in [5.74, 6) is -2.74. The molecule has 2 heterocycles. The highest BCUT2D eigenvalue weighted by Crippen LogP contribution is 2.37. The Balaban J connectivity index is 2.75. The van der Waals surface area contributed by atoms with Gasteiger partial charge in [-0.1, -0.05) is 0 Å². The first-order chi connectivity index (χ1) is 16.9. The van der Waals surface area contributed by atoms with Crippen LogP contribution in [-0.2, 0) is 29.9 Å².